The maximum absolute atomic E-state index is 6.60. The monoisotopic (exact) mass is 579 g/mol. The number of benzene rings is 6. The molecule has 0 bridgehead atoms. The number of aryl methyl sites for hydroxylation is 1. The van der Waals surface area contributed by atoms with Crippen molar-refractivity contribution in [3.05, 3.63) is 156 Å². The molecule has 0 N–H and O–H groups in total. The van der Waals surface area contributed by atoms with E-state index in [2.05, 4.69) is 158 Å². The largest absolute Gasteiger partial charge is 0.456 e. The van der Waals surface area contributed by atoms with E-state index in [1.807, 2.05) is 0 Å². The van der Waals surface area contributed by atoms with E-state index in [0.29, 0.717) is 0 Å². The van der Waals surface area contributed by atoms with Crippen molar-refractivity contribution in [3.63, 3.8) is 0 Å². The van der Waals surface area contributed by atoms with Crippen LogP contribution in [0.1, 0.15) is 42.7 Å². The van der Waals surface area contributed by atoms with Gasteiger partial charge in [-0.2, -0.15) is 0 Å². The first kappa shape index (κ1) is 26.1. The first-order valence-electron chi connectivity index (χ1n) is 15.9. The average molecular weight is 580 g/mol. The van der Waals surface area contributed by atoms with Gasteiger partial charge < -0.3 is 9.32 Å². The van der Waals surface area contributed by atoms with E-state index in [1.54, 1.807) is 0 Å². The zero-order chi connectivity index (χ0) is 30.1. The summed E-state index contributed by atoms with van der Waals surface area (Å²) in [6, 6.07) is 46.5. The third-order valence-electron chi connectivity index (χ3n) is 9.94. The third kappa shape index (κ3) is 3.95. The minimum atomic E-state index is -0.167. The zero-order valence-electron chi connectivity index (χ0n) is 25.5. The van der Waals surface area contributed by atoms with E-state index >= 15 is 0 Å². The van der Waals surface area contributed by atoms with Crippen LogP contribution in [0.2, 0.25) is 0 Å². The molecule has 0 amide bonds. The van der Waals surface area contributed by atoms with Crippen molar-refractivity contribution in [1.82, 2.24) is 0 Å². The molecular weight excluding hydrogens is 546 g/mol. The van der Waals surface area contributed by atoms with Crippen molar-refractivity contribution in [2.45, 2.75) is 32.1 Å². The summed E-state index contributed by atoms with van der Waals surface area (Å²) in [4.78, 5) is 2.42. The van der Waals surface area contributed by atoms with Crippen molar-refractivity contribution >= 4 is 44.9 Å². The molecule has 2 nitrogen and oxygen atoms in total. The number of allylic oxidation sites excluding steroid dienone is 1. The SMILES string of the molecule is CC1(C)c2cc(N(c3ccc(-c4ccccc4)cc3)c3cccc4ccccc34)ccc2-c2c1ccc1c3c(oc21)C=CCC3. The molecule has 0 unspecified atom stereocenters. The molecule has 0 radical (unpaired) electrons. The molecular formula is C43H33NO. The van der Waals surface area contributed by atoms with Crippen molar-refractivity contribution in [2.24, 2.45) is 0 Å². The highest BCUT2D eigenvalue weighted by atomic mass is 16.3. The number of nitrogens with zero attached hydrogens (tertiary/aromatic N) is 1. The summed E-state index contributed by atoms with van der Waals surface area (Å²) in [6.07, 6.45) is 6.49. The molecule has 7 aromatic rings. The fraction of sp³-hybridized carbons (Fsp3) is 0.116. The Balaban J connectivity index is 1.24. The Morgan fingerprint density at radius 2 is 1.40 bits per heavy atom. The molecule has 2 heteroatoms. The van der Waals surface area contributed by atoms with Gasteiger partial charge in [-0.15, -0.1) is 0 Å². The van der Waals surface area contributed by atoms with Crippen LogP contribution in [0.25, 0.3) is 50.1 Å². The van der Waals surface area contributed by atoms with Gasteiger partial charge in [0.15, 0.2) is 0 Å². The average Bonchev–Trinajstić information content (AvgIpc) is 3.58. The molecule has 0 fully saturated rings. The number of furan rings is 1. The summed E-state index contributed by atoms with van der Waals surface area (Å²) in [5, 5.41) is 3.72. The van der Waals surface area contributed by atoms with Crippen LogP contribution in [0, 0.1) is 0 Å². The fourth-order valence-electron chi connectivity index (χ4n) is 7.64. The van der Waals surface area contributed by atoms with Gasteiger partial charge in [-0.3, -0.25) is 0 Å². The molecule has 2 aliphatic carbocycles. The van der Waals surface area contributed by atoms with E-state index in [4.69, 9.17) is 4.42 Å². The predicted molar refractivity (Wildman–Crippen MR) is 189 cm³/mol. The lowest BCUT2D eigenvalue weighted by Gasteiger charge is -2.29. The molecule has 216 valence electrons. The molecule has 45 heavy (non-hydrogen) atoms. The molecule has 2 aliphatic rings. The third-order valence-corrected chi connectivity index (χ3v) is 9.94. The highest BCUT2D eigenvalue weighted by molar-refractivity contribution is 6.03. The molecule has 0 spiro atoms. The molecule has 0 saturated heterocycles. The fourth-order valence-corrected chi connectivity index (χ4v) is 7.64. The van der Waals surface area contributed by atoms with Crippen LogP contribution in [0.5, 0.6) is 0 Å². The highest BCUT2D eigenvalue weighted by Crippen LogP contribution is 2.54. The quantitative estimate of drug-likeness (QED) is 0.206. The highest BCUT2D eigenvalue weighted by Gasteiger charge is 2.38. The normalized spacial score (nSPS) is 14.4. The first-order valence-corrected chi connectivity index (χ1v) is 15.9. The van der Waals surface area contributed by atoms with E-state index in [0.717, 1.165) is 35.6 Å². The maximum atomic E-state index is 6.60. The van der Waals surface area contributed by atoms with Gasteiger partial charge in [-0.1, -0.05) is 117 Å². The lowest BCUT2D eigenvalue weighted by atomic mass is 9.82. The van der Waals surface area contributed by atoms with Crippen LogP contribution in [0.15, 0.2) is 138 Å². The van der Waals surface area contributed by atoms with Crippen LogP contribution < -0.4 is 4.90 Å². The Morgan fingerprint density at radius 1 is 0.644 bits per heavy atom. The van der Waals surface area contributed by atoms with Crippen LogP contribution in [0.4, 0.5) is 17.1 Å². The second-order valence-electron chi connectivity index (χ2n) is 12.9. The summed E-state index contributed by atoms with van der Waals surface area (Å²) in [5.41, 5.74) is 13.3. The molecule has 1 heterocycles. The number of rotatable bonds is 4. The van der Waals surface area contributed by atoms with Crippen molar-refractivity contribution in [3.8, 4) is 22.3 Å². The van der Waals surface area contributed by atoms with Crippen LogP contribution >= 0.6 is 0 Å². The Labute approximate surface area is 263 Å². The lowest BCUT2D eigenvalue weighted by Crippen LogP contribution is -2.16. The van der Waals surface area contributed by atoms with Gasteiger partial charge in [0.25, 0.3) is 0 Å². The van der Waals surface area contributed by atoms with E-state index in [1.165, 1.54) is 60.8 Å². The summed E-state index contributed by atoms with van der Waals surface area (Å²) in [6.45, 7) is 4.71. The second kappa shape index (κ2) is 9.84. The summed E-state index contributed by atoms with van der Waals surface area (Å²) < 4.78 is 6.60. The zero-order valence-corrected chi connectivity index (χ0v) is 25.5. The predicted octanol–water partition coefficient (Wildman–Crippen LogP) is 12.0. The minimum Gasteiger partial charge on any atom is -0.456 e. The minimum absolute atomic E-state index is 0.167. The Hall–Kier alpha value is -5.34. The molecule has 0 aliphatic heterocycles. The van der Waals surface area contributed by atoms with Crippen LogP contribution in [-0.4, -0.2) is 0 Å². The topological polar surface area (TPSA) is 16.4 Å². The van der Waals surface area contributed by atoms with Gasteiger partial charge in [0.2, 0.25) is 0 Å². The van der Waals surface area contributed by atoms with Crippen molar-refractivity contribution in [2.75, 3.05) is 4.90 Å². The summed E-state index contributed by atoms with van der Waals surface area (Å²) in [7, 11) is 0. The van der Waals surface area contributed by atoms with Crippen molar-refractivity contribution in [1.29, 1.82) is 0 Å². The number of hydrogen-bond donors (Lipinski definition) is 0. The first-order chi connectivity index (χ1) is 22.1. The molecule has 0 saturated carbocycles. The molecule has 0 atom stereocenters. The molecule has 9 rings (SSSR count). The number of hydrogen-bond acceptors (Lipinski definition) is 2. The second-order valence-corrected chi connectivity index (χ2v) is 12.9. The van der Waals surface area contributed by atoms with E-state index in [-0.39, 0.29) is 5.41 Å². The van der Waals surface area contributed by atoms with Gasteiger partial charge in [-0.25, -0.2) is 0 Å². The van der Waals surface area contributed by atoms with Crippen LogP contribution in [-0.2, 0) is 11.8 Å². The van der Waals surface area contributed by atoms with Gasteiger partial charge in [0.1, 0.15) is 11.3 Å². The number of anilines is 3. The van der Waals surface area contributed by atoms with Gasteiger partial charge in [0, 0.05) is 38.7 Å². The molecule has 1 aromatic heterocycles. The standard InChI is InChI=1S/C43H33NO/c1-43(2)37-26-25-35-34-16-8-9-18-40(34)45-42(35)41(37)36-24-23-32(27-38(36)43)44(39-17-10-14-30-13-6-7-15-33(30)39)31-21-19-29(20-22-31)28-11-4-3-5-12-28/h3-7,9-15,17-27H,8,16H2,1-2H3. The van der Waals surface area contributed by atoms with Crippen molar-refractivity contribution < 1.29 is 4.42 Å². The summed E-state index contributed by atoms with van der Waals surface area (Å²) >= 11 is 0. The summed E-state index contributed by atoms with van der Waals surface area (Å²) in [5.74, 6) is 1.02. The van der Waals surface area contributed by atoms with E-state index < -0.39 is 0 Å². The van der Waals surface area contributed by atoms with Gasteiger partial charge in [0.05, 0.1) is 5.69 Å². The number of fused-ring (bicyclic) bond motifs is 8. The Morgan fingerprint density at radius 3 is 2.27 bits per heavy atom. The van der Waals surface area contributed by atoms with Crippen LogP contribution in [0.3, 0.4) is 0 Å². The maximum Gasteiger partial charge on any atom is 0.143 e. The smallest absolute Gasteiger partial charge is 0.143 e. The van der Waals surface area contributed by atoms with Gasteiger partial charge in [-0.05, 0) is 82.5 Å². The van der Waals surface area contributed by atoms with Gasteiger partial charge >= 0.3 is 0 Å². The lowest BCUT2D eigenvalue weighted by molar-refractivity contribution is 0.595. The Kier molecular flexibility index (Phi) is 5.70. The van der Waals surface area contributed by atoms with E-state index in [9.17, 15) is 0 Å². The molecule has 6 aromatic carbocycles. The Bertz CT molecular complexity index is 2280.